The predicted molar refractivity (Wildman–Crippen MR) is 102 cm³/mol. The minimum atomic E-state index is -0.134. The van der Waals surface area contributed by atoms with Crippen molar-refractivity contribution in [3.8, 4) is 0 Å². The highest BCUT2D eigenvalue weighted by Gasteiger charge is 2.14. The number of rotatable bonds is 7. The predicted octanol–water partition coefficient (Wildman–Crippen LogP) is 3.77. The minimum absolute atomic E-state index is 0.134. The van der Waals surface area contributed by atoms with Gasteiger partial charge in [-0.2, -0.15) is 5.10 Å². The van der Waals surface area contributed by atoms with E-state index in [4.69, 9.17) is 0 Å². The van der Waals surface area contributed by atoms with E-state index in [2.05, 4.69) is 22.3 Å². The highest BCUT2D eigenvalue weighted by atomic mass is 16.2. The van der Waals surface area contributed by atoms with E-state index in [0.717, 1.165) is 17.5 Å². The van der Waals surface area contributed by atoms with Crippen LogP contribution < -0.4 is 5.32 Å². The summed E-state index contributed by atoms with van der Waals surface area (Å²) in [4.78, 5) is 18.4. The Labute approximate surface area is 153 Å². The first-order valence-electron chi connectivity index (χ1n) is 8.77. The summed E-state index contributed by atoms with van der Waals surface area (Å²) in [5, 5.41) is 7.33. The summed E-state index contributed by atoms with van der Waals surface area (Å²) in [6.45, 7) is 3.98. The first-order chi connectivity index (χ1) is 12.7. The van der Waals surface area contributed by atoms with Crippen LogP contribution in [0.4, 0.5) is 10.6 Å². The van der Waals surface area contributed by atoms with Crippen LogP contribution in [0.5, 0.6) is 0 Å². The molecule has 0 spiro atoms. The fourth-order valence-electron chi connectivity index (χ4n) is 2.71. The van der Waals surface area contributed by atoms with Crippen LogP contribution in [0.2, 0.25) is 0 Å². The smallest absolute Gasteiger partial charge is 0.320 e. The molecule has 1 aromatic carbocycles. The Morgan fingerprint density at radius 1 is 1.08 bits per heavy atom. The zero-order valence-electron chi connectivity index (χ0n) is 14.9. The monoisotopic (exact) mass is 349 g/mol. The average Bonchev–Trinajstić information content (AvgIpc) is 3.10. The maximum absolute atomic E-state index is 12.6. The minimum Gasteiger partial charge on any atom is -0.320 e. The van der Waals surface area contributed by atoms with Crippen molar-refractivity contribution in [2.75, 3.05) is 11.9 Å². The van der Waals surface area contributed by atoms with Gasteiger partial charge in [0, 0.05) is 37.7 Å². The molecule has 2 heterocycles. The molecule has 0 atom stereocenters. The van der Waals surface area contributed by atoms with Gasteiger partial charge in [0.15, 0.2) is 5.82 Å². The van der Waals surface area contributed by atoms with Crippen molar-refractivity contribution in [3.63, 3.8) is 0 Å². The van der Waals surface area contributed by atoms with Crippen LogP contribution in [0.1, 0.15) is 24.5 Å². The van der Waals surface area contributed by atoms with E-state index >= 15 is 0 Å². The lowest BCUT2D eigenvalue weighted by Gasteiger charge is -2.22. The molecule has 6 heteroatoms. The molecule has 1 N–H and O–H groups in total. The van der Waals surface area contributed by atoms with Crippen molar-refractivity contribution in [1.82, 2.24) is 19.7 Å². The van der Waals surface area contributed by atoms with Crippen LogP contribution in [0.3, 0.4) is 0 Å². The van der Waals surface area contributed by atoms with Gasteiger partial charge in [-0.25, -0.2) is 4.79 Å². The van der Waals surface area contributed by atoms with Crippen LogP contribution in [0, 0.1) is 0 Å². The summed E-state index contributed by atoms with van der Waals surface area (Å²) in [7, 11) is 0. The van der Waals surface area contributed by atoms with Gasteiger partial charge in [-0.05, 0) is 29.7 Å². The molecule has 0 radical (unpaired) electrons. The van der Waals surface area contributed by atoms with Crippen molar-refractivity contribution in [1.29, 1.82) is 0 Å². The highest BCUT2D eigenvalue weighted by Crippen LogP contribution is 2.10. The van der Waals surface area contributed by atoms with Gasteiger partial charge < -0.3 is 4.90 Å². The fourth-order valence-corrected chi connectivity index (χ4v) is 2.71. The highest BCUT2D eigenvalue weighted by molar-refractivity contribution is 5.88. The van der Waals surface area contributed by atoms with Gasteiger partial charge in [0.2, 0.25) is 0 Å². The number of amides is 2. The molecule has 0 aliphatic carbocycles. The van der Waals surface area contributed by atoms with Crippen molar-refractivity contribution < 1.29 is 4.79 Å². The van der Waals surface area contributed by atoms with E-state index in [-0.39, 0.29) is 6.03 Å². The number of benzene rings is 1. The number of hydrogen-bond acceptors (Lipinski definition) is 3. The summed E-state index contributed by atoms with van der Waals surface area (Å²) in [6.07, 6.45) is 6.27. The van der Waals surface area contributed by atoms with E-state index in [1.165, 1.54) is 0 Å². The Bertz CT molecular complexity index is 816. The molecule has 0 aliphatic rings. The molecule has 0 aliphatic heterocycles. The molecule has 2 aromatic heterocycles. The molecule has 0 unspecified atom stereocenters. The van der Waals surface area contributed by atoms with E-state index < -0.39 is 0 Å². The van der Waals surface area contributed by atoms with Gasteiger partial charge in [0.1, 0.15) is 0 Å². The number of anilines is 1. The maximum atomic E-state index is 12.6. The largest absolute Gasteiger partial charge is 0.323 e. The lowest BCUT2D eigenvalue weighted by Crippen LogP contribution is -2.35. The number of nitrogens with zero attached hydrogens (tertiary/aromatic N) is 4. The zero-order chi connectivity index (χ0) is 18.2. The molecule has 134 valence electrons. The van der Waals surface area contributed by atoms with Gasteiger partial charge >= 0.3 is 6.03 Å². The van der Waals surface area contributed by atoms with Gasteiger partial charge in [-0.15, -0.1) is 0 Å². The summed E-state index contributed by atoms with van der Waals surface area (Å²) in [5.41, 5.74) is 2.22. The van der Waals surface area contributed by atoms with Crippen LogP contribution in [0.25, 0.3) is 0 Å². The molecule has 2 amide bonds. The third-order valence-corrected chi connectivity index (χ3v) is 3.97. The van der Waals surface area contributed by atoms with Crippen LogP contribution in [-0.4, -0.2) is 32.2 Å². The first kappa shape index (κ1) is 17.7. The van der Waals surface area contributed by atoms with Crippen molar-refractivity contribution in [2.45, 2.75) is 26.4 Å². The molecule has 0 fully saturated rings. The van der Waals surface area contributed by atoms with E-state index in [9.17, 15) is 4.79 Å². The van der Waals surface area contributed by atoms with Crippen LogP contribution >= 0.6 is 0 Å². The summed E-state index contributed by atoms with van der Waals surface area (Å²) < 4.78 is 1.80. The summed E-state index contributed by atoms with van der Waals surface area (Å²) in [6, 6.07) is 15.6. The number of pyridine rings is 1. The third kappa shape index (κ3) is 4.92. The maximum Gasteiger partial charge on any atom is 0.323 e. The number of aromatic nitrogens is 3. The van der Waals surface area contributed by atoms with Crippen molar-refractivity contribution in [2.24, 2.45) is 0 Å². The number of carbonyl (C=O) groups excluding carboxylic acids is 1. The number of carbonyl (C=O) groups is 1. The standard InChI is InChI=1S/C20H23N5O/c1-2-13-24(15-17-6-4-3-5-7-17)20(26)22-19-10-14-25(23-19)16-18-8-11-21-12-9-18/h3-12,14H,2,13,15-16H2,1H3,(H,22,23,26). The fraction of sp³-hybridized carbons (Fsp3) is 0.250. The summed E-state index contributed by atoms with van der Waals surface area (Å²) in [5.74, 6) is 0.554. The zero-order valence-corrected chi connectivity index (χ0v) is 14.9. The molecule has 3 rings (SSSR count). The second-order valence-electron chi connectivity index (χ2n) is 6.09. The van der Waals surface area contributed by atoms with Crippen molar-refractivity contribution >= 4 is 11.8 Å². The Kier molecular flexibility index (Phi) is 5.98. The molecular formula is C20H23N5O. The lowest BCUT2D eigenvalue weighted by molar-refractivity contribution is 0.209. The molecule has 6 nitrogen and oxygen atoms in total. The molecule has 26 heavy (non-hydrogen) atoms. The van der Waals surface area contributed by atoms with E-state index in [0.29, 0.717) is 25.5 Å². The molecule has 3 aromatic rings. The number of hydrogen-bond donors (Lipinski definition) is 1. The third-order valence-electron chi connectivity index (χ3n) is 3.97. The lowest BCUT2D eigenvalue weighted by atomic mass is 10.2. The van der Waals surface area contributed by atoms with Crippen LogP contribution in [0.15, 0.2) is 67.1 Å². The average molecular weight is 349 g/mol. The van der Waals surface area contributed by atoms with Gasteiger partial charge in [0.25, 0.3) is 0 Å². The molecule has 0 bridgehead atoms. The number of nitrogens with one attached hydrogen (secondary N) is 1. The SMILES string of the molecule is CCCN(Cc1ccccc1)C(=O)Nc1ccn(Cc2ccncc2)n1. The Morgan fingerprint density at radius 2 is 1.85 bits per heavy atom. The summed E-state index contributed by atoms with van der Waals surface area (Å²) >= 11 is 0. The topological polar surface area (TPSA) is 63.1 Å². The van der Waals surface area contributed by atoms with Gasteiger partial charge in [0.05, 0.1) is 6.54 Å². The Morgan fingerprint density at radius 3 is 2.58 bits per heavy atom. The molecular weight excluding hydrogens is 326 g/mol. The Hall–Kier alpha value is -3.15. The van der Waals surface area contributed by atoms with Crippen molar-refractivity contribution in [3.05, 3.63) is 78.2 Å². The Balaban J connectivity index is 1.62. The van der Waals surface area contributed by atoms with E-state index in [1.807, 2.05) is 54.7 Å². The first-order valence-corrected chi connectivity index (χ1v) is 8.77. The quantitative estimate of drug-likeness (QED) is 0.706. The second kappa shape index (κ2) is 8.80. The molecule has 0 saturated carbocycles. The van der Waals surface area contributed by atoms with Crippen LogP contribution in [-0.2, 0) is 13.1 Å². The van der Waals surface area contributed by atoms with E-state index in [1.54, 1.807) is 22.0 Å². The molecule has 0 saturated heterocycles. The van der Waals surface area contributed by atoms with Gasteiger partial charge in [-0.1, -0.05) is 37.3 Å². The second-order valence-corrected chi connectivity index (χ2v) is 6.09. The van der Waals surface area contributed by atoms with Gasteiger partial charge in [-0.3, -0.25) is 15.0 Å². The number of urea groups is 1. The normalized spacial score (nSPS) is 10.5.